The van der Waals surface area contributed by atoms with Gasteiger partial charge in [0, 0.05) is 51.2 Å². The van der Waals surface area contributed by atoms with Gasteiger partial charge in [-0.2, -0.15) is 0 Å². The molecule has 0 unspecified atom stereocenters. The number of carbonyl (C=O) groups is 1. The molecule has 20 heavy (non-hydrogen) atoms. The van der Waals surface area contributed by atoms with Crippen LogP contribution in [0.3, 0.4) is 0 Å². The van der Waals surface area contributed by atoms with Crippen molar-refractivity contribution in [3.8, 4) is 0 Å². The number of hydrogen-bond acceptors (Lipinski definition) is 5. The van der Waals surface area contributed by atoms with E-state index >= 15 is 0 Å². The zero-order valence-electron chi connectivity index (χ0n) is 12.8. The molecule has 6 heteroatoms. The Labute approximate surface area is 125 Å². The van der Waals surface area contributed by atoms with E-state index in [1.807, 2.05) is 0 Å². The molecule has 0 bridgehead atoms. The monoisotopic (exact) mass is 296 g/mol. The van der Waals surface area contributed by atoms with Crippen molar-refractivity contribution in [2.75, 3.05) is 33.7 Å². The summed E-state index contributed by atoms with van der Waals surface area (Å²) in [4.78, 5) is 20.4. The predicted molar refractivity (Wildman–Crippen MR) is 81.9 cm³/mol. The highest BCUT2D eigenvalue weighted by Crippen LogP contribution is 2.20. The molecule has 1 fully saturated rings. The van der Waals surface area contributed by atoms with E-state index in [1.54, 1.807) is 30.3 Å². The lowest BCUT2D eigenvalue weighted by atomic mass is 10.00. The first-order chi connectivity index (χ1) is 9.38. The van der Waals surface area contributed by atoms with Crippen molar-refractivity contribution >= 4 is 17.2 Å². The SMILES string of the molecule is CN(C)C(=O)Cc1nc(CN2CCNCC2(C)C)cs1. The molecular weight excluding hydrogens is 272 g/mol. The van der Waals surface area contributed by atoms with E-state index in [1.165, 1.54) is 0 Å². The maximum absolute atomic E-state index is 11.7. The van der Waals surface area contributed by atoms with Crippen LogP contribution in [0.2, 0.25) is 0 Å². The Morgan fingerprint density at radius 1 is 1.55 bits per heavy atom. The molecule has 1 N–H and O–H groups in total. The Morgan fingerprint density at radius 3 is 2.95 bits per heavy atom. The average Bonchev–Trinajstić information content (AvgIpc) is 2.79. The fourth-order valence-corrected chi connectivity index (χ4v) is 3.08. The van der Waals surface area contributed by atoms with Crippen LogP contribution in [0, 0.1) is 0 Å². The smallest absolute Gasteiger partial charge is 0.228 e. The van der Waals surface area contributed by atoms with Gasteiger partial charge in [-0.3, -0.25) is 9.69 Å². The average molecular weight is 296 g/mol. The van der Waals surface area contributed by atoms with Crippen molar-refractivity contribution in [3.63, 3.8) is 0 Å². The van der Waals surface area contributed by atoms with Gasteiger partial charge in [-0.15, -0.1) is 11.3 Å². The predicted octanol–water partition coefficient (Wildman–Crippen LogP) is 0.958. The van der Waals surface area contributed by atoms with E-state index in [4.69, 9.17) is 0 Å². The van der Waals surface area contributed by atoms with Gasteiger partial charge in [0.2, 0.25) is 5.91 Å². The van der Waals surface area contributed by atoms with Crippen LogP contribution in [0.4, 0.5) is 0 Å². The van der Waals surface area contributed by atoms with E-state index in [2.05, 4.69) is 34.4 Å². The molecule has 5 nitrogen and oxygen atoms in total. The van der Waals surface area contributed by atoms with E-state index in [0.717, 1.165) is 36.9 Å². The van der Waals surface area contributed by atoms with Crippen LogP contribution in [-0.4, -0.2) is 60.0 Å². The van der Waals surface area contributed by atoms with Gasteiger partial charge in [-0.25, -0.2) is 4.98 Å². The van der Waals surface area contributed by atoms with E-state index in [9.17, 15) is 4.79 Å². The molecule has 112 valence electrons. The molecule has 0 spiro atoms. The lowest BCUT2D eigenvalue weighted by Crippen LogP contribution is -2.57. The highest BCUT2D eigenvalue weighted by molar-refractivity contribution is 7.09. The van der Waals surface area contributed by atoms with Gasteiger partial charge >= 0.3 is 0 Å². The van der Waals surface area contributed by atoms with Gasteiger partial charge in [0.15, 0.2) is 0 Å². The van der Waals surface area contributed by atoms with Crippen molar-refractivity contribution in [1.82, 2.24) is 20.1 Å². The third-order valence-electron chi connectivity index (χ3n) is 3.73. The standard InChI is InChI=1S/C14H24N4OS/c1-14(2)10-15-5-6-18(14)8-11-9-20-12(16-11)7-13(19)17(3)4/h9,15H,5-8,10H2,1-4H3. The molecule has 2 heterocycles. The number of aromatic nitrogens is 1. The molecule has 0 aliphatic carbocycles. The number of amides is 1. The summed E-state index contributed by atoms with van der Waals surface area (Å²) in [5.41, 5.74) is 1.23. The number of likely N-dealkylation sites (N-methyl/N-ethyl adjacent to an activating group) is 1. The minimum atomic E-state index is 0.105. The second kappa shape index (κ2) is 6.20. The second-order valence-corrected chi connectivity index (χ2v) is 7.05. The van der Waals surface area contributed by atoms with Crippen LogP contribution in [-0.2, 0) is 17.8 Å². The normalized spacial score (nSPS) is 19.0. The Morgan fingerprint density at radius 2 is 2.30 bits per heavy atom. The van der Waals surface area contributed by atoms with Gasteiger partial charge in [-0.05, 0) is 13.8 Å². The molecular formula is C14H24N4OS. The summed E-state index contributed by atoms with van der Waals surface area (Å²) >= 11 is 1.58. The third kappa shape index (κ3) is 3.77. The van der Waals surface area contributed by atoms with Crippen molar-refractivity contribution in [2.24, 2.45) is 0 Å². The Balaban J connectivity index is 1.97. The Kier molecular flexibility index (Phi) is 4.78. The molecule has 1 aliphatic heterocycles. The van der Waals surface area contributed by atoms with Crippen molar-refractivity contribution in [2.45, 2.75) is 32.4 Å². The number of thiazole rings is 1. The summed E-state index contributed by atoms with van der Waals surface area (Å²) in [6, 6.07) is 0. The van der Waals surface area contributed by atoms with Crippen LogP contribution in [0.25, 0.3) is 0 Å². The molecule has 2 rings (SSSR count). The minimum absolute atomic E-state index is 0.105. The lowest BCUT2D eigenvalue weighted by Gasteiger charge is -2.42. The zero-order valence-corrected chi connectivity index (χ0v) is 13.6. The van der Waals surface area contributed by atoms with E-state index in [-0.39, 0.29) is 11.4 Å². The molecule has 0 saturated carbocycles. The Hall–Kier alpha value is -0.980. The number of piperazine rings is 1. The number of nitrogens with one attached hydrogen (secondary N) is 1. The first kappa shape index (κ1) is 15.4. The third-order valence-corrected chi connectivity index (χ3v) is 4.62. The first-order valence-electron chi connectivity index (χ1n) is 6.98. The molecule has 1 saturated heterocycles. The summed E-state index contributed by atoms with van der Waals surface area (Å²) in [6.07, 6.45) is 0.405. The largest absolute Gasteiger partial charge is 0.348 e. The van der Waals surface area contributed by atoms with Crippen molar-refractivity contribution < 1.29 is 4.79 Å². The molecule has 1 aromatic rings. The topological polar surface area (TPSA) is 48.5 Å². The lowest BCUT2D eigenvalue weighted by molar-refractivity contribution is -0.127. The van der Waals surface area contributed by atoms with Gasteiger partial charge in [0.05, 0.1) is 12.1 Å². The Bertz CT molecular complexity index is 469. The zero-order chi connectivity index (χ0) is 14.8. The fraction of sp³-hybridized carbons (Fsp3) is 0.714. The summed E-state index contributed by atoms with van der Waals surface area (Å²) in [5, 5.41) is 6.41. The summed E-state index contributed by atoms with van der Waals surface area (Å²) in [7, 11) is 3.56. The van der Waals surface area contributed by atoms with Gasteiger partial charge in [-0.1, -0.05) is 0 Å². The maximum atomic E-state index is 11.7. The molecule has 1 amide bonds. The van der Waals surface area contributed by atoms with Crippen molar-refractivity contribution in [3.05, 3.63) is 16.1 Å². The van der Waals surface area contributed by atoms with E-state index < -0.39 is 0 Å². The van der Waals surface area contributed by atoms with E-state index in [0.29, 0.717) is 6.42 Å². The fourth-order valence-electron chi connectivity index (χ4n) is 2.30. The summed E-state index contributed by atoms with van der Waals surface area (Å²) < 4.78 is 0. The number of rotatable bonds is 4. The highest BCUT2D eigenvalue weighted by Gasteiger charge is 2.29. The van der Waals surface area contributed by atoms with Gasteiger partial charge in [0.25, 0.3) is 0 Å². The van der Waals surface area contributed by atoms with Crippen LogP contribution in [0.15, 0.2) is 5.38 Å². The van der Waals surface area contributed by atoms with Crippen LogP contribution >= 0.6 is 11.3 Å². The molecule has 0 aromatic carbocycles. The van der Waals surface area contributed by atoms with Crippen LogP contribution in [0.1, 0.15) is 24.5 Å². The maximum Gasteiger partial charge on any atom is 0.228 e. The quantitative estimate of drug-likeness (QED) is 0.899. The van der Waals surface area contributed by atoms with Gasteiger partial charge < -0.3 is 10.2 Å². The number of carbonyl (C=O) groups excluding carboxylic acids is 1. The molecule has 1 aromatic heterocycles. The molecule has 0 radical (unpaired) electrons. The highest BCUT2D eigenvalue weighted by atomic mass is 32.1. The minimum Gasteiger partial charge on any atom is -0.348 e. The summed E-state index contributed by atoms with van der Waals surface area (Å²) in [6.45, 7) is 8.44. The van der Waals surface area contributed by atoms with Crippen LogP contribution < -0.4 is 5.32 Å². The number of hydrogen-bond donors (Lipinski definition) is 1. The first-order valence-corrected chi connectivity index (χ1v) is 7.85. The van der Waals surface area contributed by atoms with Crippen LogP contribution in [0.5, 0.6) is 0 Å². The number of nitrogens with zero attached hydrogens (tertiary/aromatic N) is 3. The van der Waals surface area contributed by atoms with Gasteiger partial charge in [0.1, 0.15) is 5.01 Å². The second-order valence-electron chi connectivity index (χ2n) is 6.11. The molecule has 1 aliphatic rings. The molecule has 0 atom stereocenters. The summed E-state index contributed by atoms with van der Waals surface area (Å²) in [5.74, 6) is 0.105. The van der Waals surface area contributed by atoms with Crippen molar-refractivity contribution in [1.29, 1.82) is 0 Å².